The molecule has 0 saturated carbocycles. The molecule has 0 aromatic carbocycles. The molecule has 0 fully saturated rings. The number of nitrogens with zero attached hydrogens (tertiary/aromatic N) is 3. The van der Waals surface area contributed by atoms with Crippen LogP contribution in [0.1, 0.15) is 27.7 Å². The Morgan fingerprint density at radius 2 is 1.67 bits per heavy atom. The minimum atomic E-state index is -3.19. The fraction of sp³-hybridized carbons (Fsp3) is 0.750. The quantitative estimate of drug-likeness (QED) is 0.729. The van der Waals surface area contributed by atoms with E-state index >= 15 is 0 Å². The molecule has 0 amide bonds. The zero-order valence-corrected chi connectivity index (χ0v) is 13.9. The zero-order chi connectivity index (χ0) is 16.1. The number of sulfone groups is 1. The first kappa shape index (κ1) is 17.4. The van der Waals surface area contributed by atoms with Gasteiger partial charge in [0, 0.05) is 19.3 Å². The number of anilines is 2. The van der Waals surface area contributed by atoms with E-state index in [9.17, 15) is 8.42 Å². The van der Waals surface area contributed by atoms with Crippen LogP contribution >= 0.6 is 0 Å². The van der Waals surface area contributed by atoms with Crippen LogP contribution in [-0.4, -0.2) is 54.1 Å². The van der Waals surface area contributed by atoms with Crippen molar-refractivity contribution in [3.8, 4) is 6.01 Å². The fourth-order valence-electron chi connectivity index (χ4n) is 1.29. The van der Waals surface area contributed by atoms with E-state index in [2.05, 4.69) is 25.6 Å². The van der Waals surface area contributed by atoms with E-state index in [4.69, 9.17) is 4.74 Å². The van der Waals surface area contributed by atoms with Crippen LogP contribution in [0.4, 0.5) is 11.9 Å². The maximum Gasteiger partial charge on any atom is 0.323 e. The van der Waals surface area contributed by atoms with E-state index in [1.54, 1.807) is 13.8 Å². The van der Waals surface area contributed by atoms with Gasteiger partial charge in [0.2, 0.25) is 11.9 Å². The molecule has 1 aromatic heterocycles. The number of ether oxygens (including phenoxy) is 1. The van der Waals surface area contributed by atoms with E-state index in [1.807, 2.05) is 13.8 Å². The molecule has 0 bridgehead atoms. The highest BCUT2D eigenvalue weighted by Crippen LogP contribution is 2.17. The summed E-state index contributed by atoms with van der Waals surface area (Å²) in [7, 11) is -3.19. The van der Waals surface area contributed by atoms with Gasteiger partial charge in [-0.15, -0.1) is 0 Å². The largest absolute Gasteiger partial charge is 0.464 e. The third-order valence-electron chi connectivity index (χ3n) is 2.90. The predicted octanol–water partition coefficient (Wildman–Crippen LogP) is 0.937. The van der Waals surface area contributed by atoms with Gasteiger partial charge in [-0.05, 0) is 27.7 Å². The molecule has 2 N–H and O–H groups in total. The summed E-state index contributed by atoms with van der Waals surface area (Å²) in [5.41, 5.74) is 0. The van der Waals surface area contributed by atoms with Gasteiger partial charge < -0.3 is 15.4 Å². The smallest absolute Gasteiger partial charge is 0.323 e. The zero-order valence-electron chi connectivity index (χ0n) is 13.1. The molecule has 0 saturated heterocycles. The first-order valence-corrected chi connectivity index (χ1v) is 8.65. The van der Waals surface area contributed by atoms with Gasteiger partial charge in [-0.25, -0.2) is 8.42 Å². The molecule has 0 radical (unpaired) electrons. The Balaban J connectivity index is 2.92. The molecule has 0 unspecified atom stereocenters. The molecule has 9 heteroatoms. The monoisotopic (exact) mass is 317 g/mol. The lowest BCUT2D eigenvalue weighted by Crippen LogP contribution is -2.38. The molecule has 0 aliphatic rings. The van der Waals surface area contributed by atoms with Crippen molar-refractivity contribution in [2.75, 3.05) is 36.6 Å². The molecule has 120 valence electrons. The van der Waals surface area contributed by atoms with Gasteiger partial charge in [0.05, 0.1) is 11.4 Å². The van der Waals surface area contributed by atoms with Gasteiger partial charge in [-0.2, -0.15) is 15.0 Å². The Hall–Kier alpha value is -1.64. The average Bonchev–Trinajstić information content (AvgIpc) is 2.36. The fourth-order valence-corrected chi connectivity index (χ4v) is 1.62. The highest BCUT2D eigenvalue weighted by Gasteiger charge is 2.30. The minimum Gasteiger partial charge on any atom is -0.464 e. The lowest BCUT2D eigenvalue weighted by Gasteiger charge is -2.22. The first-order valence-electron chi connectivity index (χ1n) is 6.76. The van der Waals surface area contributed by atoms with E-state index in [0.717, 1.165) is 0 Å². The number of rotatable bonds is 8. The van der Waals surface area contributed by atoms with Crippen LogP contribution in [0.15, 0.2) is 0 Å². The van der Waals surface area contributed by atoms with E-state index < -0.39 is 14.6 Å². The van der Waals surface area contributed by atoms with Gasteiger partial charge in [-0.1, -0.05) is 0 Å². The normalized spacial score (nSPS) is 12.0. The topological polar surface area (TPSA) is 106 Å². The highest BCUT2D eigenvalue weighted by molar-refractivity contribution is 7.92. The second-order valence-electron chi connectivity index (χ2n) is 5.11. The second-order valence-corrected chi connectivity index (χ2v) is 7.76. The molecule has 8 nitrogen and oxygen atoms in total. The third kappa shape index (κ3) is 5.00. The van der Waals surface area contributed by atoms with Crippen molar-refractivity contribution in [2.45, 2.75) is 32.4 Å². The second kappa shape index (κ2) is 6.88. The number of aromatic nitrogens is 3. The van der Waals surface area contributed by atoms with Crippen LogP contribution in [0.5, 0.6) is 6.01 Å². The van der Waals surface area contributed by atoms with E-state index in [1.165, 1.54) is 6.26 Å². The van der Waals surface area contributed by atoms with Crippen molar-refractivity contribution in [1.29, 1.82) is 0 Å². The van der Waals surface area contributed by atoms with Crippen molar-refractivity contribution < 1.29 is 13.2 Å². The van der Waals surface area contributed by atoms with E-state index in [0.29, 0.717) is 19.1 Å². The van der Waals surface area contributed by atoms with Crippen molar-refractivity contribution >= 4 is 21.7 Å². The molecule has 0 spiro atoms. The summed E-state index contributed by atoms with van der Waals surface area (Å²) in [6.45, 7) is 8.32. The molecule has 0 atom stereocenters. The molecule has 21 heavy (non-hydrogen) atoms. The molecular formula is C12H23N5O3S. The summed E-state index contributed by atoms with van der Waals surface area (Å²) >= 11 is 0. The molecule has 0 aliphatic heterocycles. The van der Waals surface area contributed by atoms with Crippen LogP contribution < -0.4 is 15.4 Å². The highest BCUT2D eigenvalue weighted by atomic mass is 32.2. The maximum atomic E-state index is 11.7. The number of hydrogen-bond acceptors (Lipinski definition) is 8. The lowest BCUT2D eigenvalue weighted by molar-refractivity contribution is 0.312. The number of nitrogens with one attached hydrogen (secondary N) is 2. The van der Waals surface area contributed by atoms with Gasteiger partial charge in [0.1, 0.15) is 0 Å². The Morgan fingerprint density at radius 3 is 2.14 bits per heavy atom. The third-order valence-corrected chi connectivity index (χ3v) is 5.05. The van der Waals surface area contributed by atoms with Crippen LogP contribution in [0.2, 0.25) is 0 Å². The first-order chi connectivity index (χ1) is 9.69. The Bertz CT molecular complexity index is 550. The maximum absolute atomic E-state index is 11.7. The van der Waals surface area contributed by atoms with Crippen molar-refractivity contribution in [3.05, 3.63) is 0 Å². The van der Waals surface area contributed by atoms with Crippen LogP contribution in [0.3, 0.4) is 0 Å². The molecular weight excluding hydrogens is 294 g/mol. The SMILES string of the molecule is CCNc1nc(NCC(C)(C)S(C)(=O)=O)nc(OCC)n1. The summed E-state index contributed by atoms with van der Waals surface area (Å²) in [4.78, 5) is 12.4. The Morgan fingerprint density at radius 1 is 1.10 bits per heavy atom. The molecule has 0 aliphatic carbocycles. The van der Waals surface area contributed by atoms with E-state index in [-0.39, 0.29) is 18.5 Å². The van der Waals surface area contributed by atoms with Crippen molar-refractivity contribution in [1.82, 2.24) is 15.0 Å². The summed E-state index contributed by atoms with van der Waals surface area (Å²) < 4.78 is 27.7. The summed E-state index contributed by atoms with van der Waals surface area (Å²) in [5, 5.41) is 5.90. The van der Waals surface area contributed by atoms with Gasteiger partial charge in [0.15, 0.2) is 9.84 Å². The van der Waals surface area contributed by atoms with Crippen LogP contribution in [-0.2, 0) is 9.84 Å². The Kier molecular flexibility index (Phi) is 5.70. The van der Waals surface area contributed by atoms with Crippen LogP contribution in [0, 0.1) is 0 Å². The average molecular weight is 317 g/mol. The summed E-state index contributed by atoms with van der Waals surface area (Å²) in [6, 6.07) is 0.197. The van der Waals surface area contributed by atoms with Crippen LogP contribution in [0.25, 0.3) is 0 Å². The lowest BCUT2D eigenvalue weighted by atomic mass is 10.2. The predicted molar refractivity (Wildman–Crippen MR) is 82.6 cm³/mol. The van der Waals surface area contributed by atoms with Gasteiger partial charge in [0.25, 0.3) is 0 Å². The standard InChI is InChI=1S/C12H23N5O3S/c1-6-13-9-15-10(17-11(16-9)20-7-2)14-8-12(3,4)21(5,18)19/h6-8H2,1-5H3,(H2,13,14,15,16,17). The van der Waals surface area contributed by atoms with Crippen molar-refractivity contribution in [3.63, 3.8) is 0 Å². The van der Waals surface area contributed by atoms with Gasteiger partial charge >= 0.3 is 6.01 Å². The minimum absolute atomic E-state index is 0.187. The summed E-state index contributed by atoms with van der Waals surface area (Å²) in [6.07, 6.45) is 1.21. The Labute approximate surface area is 125 Å². The van der Waals surface area contributed by atoms with Gasteiger partial charge in [-0.3, -0.25) is 0 Å². The summed E-state index contributed by atoms with van der Waals surface area (Å²) in [5.74, 6) is 0.664. The van der Waals surface area contributed by atoms with Crippen molar-refractivity contribution in [2.24, 2.45) is 0 Å². The molecule has 1 aromatic rings. The molecule has 1 rings (SSSR count). The molecule has 1 heterocycles. The number of hydrogen-bond donors (Lipinski definition) is 2.